The minimum atomic E-state index is -1.56. The largest absolute Gasteiger partial charge is 0.469 e. The van der Waals surface area contributed by atoms with E-state index >= 15 is 0 Å². The molecule has 0 aliphatic rings. The summed E-state index contributed by atoms with van der Waals surface area (Å²) in [6.07, 6.45) is 18.1. The number of hydrogen-bond donors (Lipinski definition) is 1. The Morgan fingerprint density at radius 2 is 1.24 bits per heavy atom. The van der Waals surface area contributed by atoms with Gasteiger partial charge in [-0.1, -0.05) is 122 Å². The molecule has 0 aromatic carbocycles. The normalized spacial score (nSPS) is 13.4. The topological polar surface area (TPSA) is 46.5 Å². The minimum Gasteiger partial charge on any atom is -0.469 e. The monoisotopic (exact) mass is 424 g/mol. The molecule has 0 aromatic heterocycles. The van der Waals surface area contributed by atoms with Crippen LogP contribution in [0.3, 0.4) is 0 Å². The maximum atomic E-state index is 12.0. The third kappa shape index (κ3) is 17.8. The molecule has 0 saturated carbocycles. The lowest BCUT2D eigenvalue weighted by Gasteiger charge is -2.17. The summed E-state index contributed by atoms with van der Waals surface area (Å²) in [6, 6.07) is 0. The average molecular weight is 425 g/mol. The molecule has 0 radical (unpaired) electrons. The number of aliphatic hydroxyl groups is 1. The molecule has 3 nitrogen and oxygen atoms in total. The highest BCUT2D eigenvalue weighted by molar-refractivity contribution is 6.83. The number of hydrogen-bond acceptors (Lipinski definition) is 3. The highest BCUT2D eigenvalue weighted by Crippen LogP contribution is 2.18. The summed E-state index contributed by atoms with van der Waals surface area (Å²) in [5.41, 5.74) is 3.16. The van der Waals surface area contributed by atoms with Crippen molar-refractivity contribution in [1.29, 1.82) is 0 Å². The number of methoxy groups -OCH3 is 1. The van der Waals surface area contributed by atoms with Gasteiger partial charge in [0.15, 0.2) is 0 Å². The summed E-state index contributed by atoms with van der Waals surface area (Å²) in [7, 11) is -0.169. The number of ether oxygens (including phenoxy) is 1. The molecule has 0 fully saturated rings. The van der Waals surface area contributed by atoms with Gasteiger partial charge in [-0.2, -0.15) is 0 Å². The van der Waals surface area contributed by atoms with Crippen molar-refractivity contribution in [2.24, 2.45) is 5.92 Å². The predicted octanol–water partition coefficient (Wildman–Crippen LogP) is 6.89. The fourth-order valence-electron chi connectivity index (χ4n) is 3.51. The third-order valence-electron chi connectivity index (χ3n) is 5.35. The highest BCUT2D eigenvalue weighted by atomic mass is 28.3. The maximum Gasteiger partial charge on any atom is 0.312 e. The molecule has 2 atom stereocenters. The molecule has 29 heavy (non-hydrogen) atoms. The van der Waals surface area contributed by atoms with Crippen molar-refractivity contribution in [3.05, 3.63) is 0 Å². The van der Waals surface area contributed by atoms with Crippen LogP contribution in [0.4, 0.5) is 0 Å². The van der Waals surface area contributed by atoms with Gasteiger partial charge >= 0.3 is 5.97 Å². The number of esters is 1. The summed E-state index contributed by atoms with van der Waals surface area (Å²) < 4.78 is 4.88. The van der Waals surface area contributed by atoms with Gasteiger partial charge in [0.1, 0.15) is 14.2 Å². The van der Waals surface area contributed by atoms with E-state index in [1.165, 1.54) is 84.2 Å². The maximum absolute atomic E-state index is 12.0. The Hall–Kier alpha value is -0.793. The Labute approximate surface area is 182 Å². The van der Waals surface area contributed by atoms with E-state index in [9.17, 15) is 9.90 Å². The van der Waals surface area contributed by atoms with Gasteiger partial charge in [-0.05, 0) is 6.42 Å². The van der Waals surface area contributed by atoms with Gasteiger partial charge in [0.2, 0.25) is 0 Å². The SMILES string of the molecule is CCCCCCCCCCCCCCCC[C@H](C(=O)OC)[C@@H](O)C#C[Si](C)(C)C. The van der Waals surface area contributed by atoms with Gasteiger partial charge in [0.05, 0.1) is 13.0 Å². The molecule has 170 valence electrons. The quantitative estimate of drug-likeness (QED) is 0.120. The number of unbranched alkanes of at least 4 members (excludes halogenated alkanes) is 13. The van der Waals surface area contributed by atoms with Crippen molar-refractivity contribution in [2.45, 2.75) is 129 Å². The van der Waals surface area contributed by atoms with Crippen LogP contribution in [0.25, 0.3) is 0 Å². The van der Waals surface area contributed by atoms with Crippen molar-refractivity contribution >= 4 is 14.0 Å². The molecule has 0 spiro atoms. The van der Waals surface area contributed by atoms with Gasteiger partial charge in [-0.3, -0.25) is 4.79 Å². The molecular formula is C25H48O3Si. The van der Waals surface area contributed by atoms with Gasteiger partial charge in [-0.25, -0.2) is 0 Å². The fraction of sp³-hybridized carbons (Fsp3) is 0.880. The Kier molecular flexibility index (Phi) is 17.5. The number of carbonyl (C=O) groups excluding carboxylic acids is 1. The molecule has 0 aliphatic carbocycles. The summed E-state index contributed by atoms with van der Waals surface area (Å²) in [5.74, 6) is 2.06. The first-order valence-corrected chi connectivity index (χ1v) is 15.6. The smallest absolute Gasteiger partial charge is 0.312 e. The van der Waals surface area contributed by atoms with Crippen molar-refractivity contribution < 1.29 is 14.6 Å². The van der Waals surface area contributed by atoms with Crippen LogP contribution in [0.2, 0.25) is 19.6 Å². The Morgan fingerprint density at radius 1 is 0.828 bits per heavy atom. The molecule has 0 aromatic rings. The van der Waals surface area contributed by atoms with Crippen LogP contribution in [0.1, 0.15) is 103 Å². The molecule has 0 unspecified atom stereocenters. The van der Waals surface area contributed by atoms with Crippen molar-refractivity contribution in [3.63, 3.8) is 0 Å². The fourth-order valence-corrected chi connectivity index (χ4v) is 4.09. The van der Waals surface area contributed by atoms with Crippen LogP contribution in [-0.2, 0) is 9.53 Å². The first-order valence-electron chi connectivity index (χ1n) is 12.1. The van der Waals surface area contributed by atoms with Gasteiger partial charge < -0.3 is 9.84 Å². The zero-order valence-corrected chi connectivity index (χ0v) is 21.0. The van der Waals surface area contributed by atoms with E-state index in [0.29, 0.717) is 6.42 Å². The number of rotatable bonds is 17. The number of aliphatic hydroxyl groups excluding tert-OH is 1. The zero-order valence-electron chi connectivity index (χ0n) is 20.0. The molecule has 0 saturated heterocycles. The molecule has 0 aliphatic heterocycles. The van der Waals surface area contributed by atoms with Crippen molar-refractivity contribution in [2.75, 3.05) is 7.11 Å². The van der Waals surface area contributed by atoms with E-state index in [0.717, 1.165) is 12.8 Å². The standard InChI is InChI=1S/C25H48O3Si/c1-6-7-8-9-10-11-12-13-14-15-16-17-18-19-20-23(25(27)28-2)24(26)21-22-29(3,4)5/h23-24,26H,6-20H2,1-5H3/t23-,24-/m0/s1. The average Bonchev–Trinajstić information content (AvgIpc) is 2.68. The van der Waals surface area contributed by atoms with Crippen LogP contribution in [0.5, 0.6) is 0 Å². The summed E-state index contributed by atoms with van der Waals surface area (Å²) >= 11 is 0. The Bertz CT molecular complexity index is 459. The molecular weight excluding hydrogens is 376 g/mol. The predicted molar refractivity (Wildman–Crippen MR) is 128 cm³/mol. The van der Waals surface area contributed by atoms with E-state index in [-0.39, 0.29) is 5.97 Å². The second kappa shape index (κ2) is 18.0. The molecule has 0 amide bonds. The zero-order chi connectivity index (χ0) is 22.0. The van der Waals surface area contributed by atoms with Gasteiger partial charge in [-0.15, -0.1) is 5.54 Å². The molecule has 4 heteroatoms. The van der Waals surface area contributed by atoms with E-state index in [1.54, 1.807) is 0 Å². The van der Waals surface area contributed by atoms with Crippen LogP contribution in [0.15, 0.2) is 0 Å². The Morgan fingerprint density at radius 3 is 1.62 bits per heavy atom. The van der Waals surface area contributed by atoms with Gasteiger partial charge in [0, 0.05) is 0 Å². The highest BCUT2D eigenvalue weighted by Gasteiger charge is 2.26. The van der Waals surface area contributed by atoms with E-state index in [1.807, 2.05) is 0 Å². The molecule has 0 bridgehead atoms. The molecule has 1 N–H and O–H groups in total. The summed E-state index contributed by atoms with van der Waals surface area (Å²) in [5, 5.41) is 10.3. The summed E-state index contributed by atoms with van der Waals surface area (Å²) in [6.45, 7) is 8.67. The first-order chi connectivity index (χ1) is 13.8. The van der Waals surface area contributed by atoms with Crippen LogP contribution in [-0.4, -0.2) is 32.4 Å². The second-order valence-electron chi connectivity index (χ2n) is 9.48. The Balaban J connectivity index is 3.81. The van der Waals surface area contributed by atoms with Crippen LogP contribution < -0.4 is 0 Å². The second-order valence-corrected chi connectivity index (χ2v) is 14.2. The van der Waals surface area contributed by atoms with Crippen molar-refractivity contribution in [1.82, 2.24) is 0 Å². The lowest BCUT2D eigenvalue weighted by atomic mass is 9.95. The van der Waals surface area contributed by atoms with Crippen LogP contribution in [0, 0.1) is 17.4 Å². The lowest BCUT2D eigenvalue weighted by molar-refractivity contribution is -0.148. The molecule has 0 rings (SSSR count). The van der Waals surface area contributed by atoms with E-state index in [2.05, 4.69) is 38.0 Å². The van der Waals surface area contributed by atoms with Crippen LogP contribution >= 0.6 is 0 Å². The lowest BCUT2D eigenvalue weighted by Crippen LogP contribution is -2.29. The molecule has 0 heterocycles. The van der Waals surface area contributed by atoms with Gasteiger partial charge in [0.25, 0.3) is 0 Å². The minimum absolute atomic E-state index is 0.336. The van der Waals surface area contributed by atoms with E-state index in [4.69, 9.17) is 4.74 Å². The van der Waals surface area contributed by atoms with Crippen molar-refractivity contribution in [3.8, 4) is 11.5 Å². The summed E-state index contributed by atoms with van der Waals surface area (Å²) in [4.78, 5) is 12.0. The third-order valence-corrected chi connectivity index (χ3v) is 6.24. The first kappa shape index (κ1) is 28.2. The number of carbonyl (C=O) groups is 1. The van der Waals surface area contributed by atoms with E-state index < -0.39 is 20.1 Å².